The first kappa shape index (κ1) is 5.72. The predicted octanol–water partition coefficient (Wildman–Crippen LogP) is 1.56. The molecular weight excluding hydrogens is 112 g/mol. The SMILES string of the molecule is O[C@@H]1CC2CCC1CC2. The van der Waals surface area contributed by atoms with Crippen LogP contribution in [-0.2, 0) is 0 Å². The molecule has 1 atom stereocenters. The molecular formula is C8H14O. The van der Waals surface area contributed by atoms with Crippen LogP contribution in [0.25, 0.3) is 0 Å². The van der Waals surface area contributed by atoms with Gasteiger partial charge in [-0.15, -0.1) is 0 Å². The molecule has 0 aromatic heterocycles. The Kier molecular flexibility index (Phi) is 1.26. The first-order valence-corrected chi connectivity index (χ1v) is 4.04. The third-order valence-corrected chi connectivity index (χ3v) is 3.01. The predicted molar refractivity (Wildman–Crippen MR) is 36.1 cm³/mol. The highest BCUT2D eigenvalue weighted by molar-refractivity contribution is 4.85. The third kappa shape index (κ3) is 0.877. The van der Waals surface area contributed by atoms with Crippen LogP contribution >= 0.6 is 0 Å². The van der Waals surface area contributed by atoms with Crippen molar-refractivity contribution in [1.82, 2.24) is 0 Å². The molecule has 52 valence electrons. The summed E-state index contributed by atoms with van der Waals surface area (Å²) < 4.78 is 0. The van der Waals surface area contributed by atoms with Crippen LogP contribution in [0, 0.1) is 11.8 Å². The largest absolute Gasteiger partial charge is 0.393 e. The van der Waals surface area contributed by atoms with Crippen LogP contribution in [-0.4, -0.2) is 11.2 Å². The zero-order valence-corrected chi connectivity index (χ0v) is 5.71. The molecule has 0 heterocycles. The number of rotatable bonds is 0. The van der Waals surface area contributed by atoms with E-state index in [2.05, 4.69) is 0 Å². The Balaban J connectivity index is 2.06. The molecule has 2 bridgehead atoms. The first-order valence-electron chi connectivity index (χ1n) is 4.04. The molecule has 0 aliphatic heterocycles. The van der Waals surface area contributed by atoms with E-state index in [4.69, 9.17) is 0 Å². The van der Waals surface area contributed by atoms with Gasteiger partial charge < -0.3 is 5.11 Å². The van der Waals surface area contributed by atoms with Crippen LogP contribution in [0.1, 0.15) is 32.1 Å². The maximum atomic E-state index is 9.40. The molecule has 0 radical (unpaired) electrons. The summed E-state index contributed by atoms with van der Waals surface area (Å²) in [6.07, 6.45) is 6.55. The zero-order chi connectivity index (χ0) is 6.27. The lowest BCUT2D eigenvalue weighted by atomic mass is 9.69. The second kappa shape index (κ2) is 1.98. The van der Waals surface area contributed by atoms with Crippen molar-refractivity contribution >= 4 is 0 Å². The highest BCUT2D eigenvalue weighted by Crippen LogP contribution is 2.40. The van der Waals surface area contributed by atoms with E-state index in [0.29, 0.717) is 5.92 Å². The van der Waals surface area contributed by atoms with E-state index < -0.39 is 0 Å². The first-order chi connectivity index (χ1) is 4.36. The summed E-state index contributed by atoms with van der Waals surface area (Å²) in [6.45, 7) is 0. The topological polar surface area (TPSA) is 20.2 Å². The van der Waals surface area contributed by atoms with Gasteiger partial charge in [-0.05, 0) is 43.9 Å². The Labute approximate surface area is 56.1 Å². The van der Waals surface area contributed by atoms with Gasteiger partial charge >= 0.3 is 0 Å². The van der Waals surface area contributed by atoms with Crippen molar-refractivity contribution in [3.63, 3.8) is 0 Å². The average molecular weight is 126 g/mol. The summed E-state index contributed by atoms with van der Waals surface area (Å²) in [5, 5.41) is 9.40. The monoisotopic (exact) mass is 126 g/mol. The van der Waals surface area contributed by atoms with E-state index in [1.807, 2.05) is 0 Å². The van der Waals surface area contributed by atoms with Gasteiger partial charge in [0.25, 0.3) is 0 Å². The summed E-state index contributed by atoms with van der Waals surface area (Å²) in [6, 6.07) is 0. The van der Waals surface area contributed by atoms with E-state index in [9.17, 15) is 5.11 Å². The molecule has 9 heavy (non-hydrogen) atoms. The van der Waals surface area contributed by atoms with Crippen molar-refractivity contribution < 1.29 is 5.11 Å². The zero-order valence-electron chi connectivity index (χ0n) is 5.71. The Bertz CT molecular complexity index is 103. The minimum atomic E-state index is 0.0671. The van der Waals surface area contributed by atoms with Crippen molar-refractivity contribution in [3.8, 4) is 0 Å². The van der Waals surface area contributed by atoms with E-state index in [1.165, 1.54) is 25.7 Å². The molecule has 3 aliphatic rings. The molecule has 0 spiro atoms. The highest BCUT2D eigenvalue weighted by atomic mass is 16.3. The standard InChI is InChI=1S/C8H14O/c9-8-5-6-1-3-7(8)4-2-6/h6-9H,1-5H2/t6?,7?,8-/m1/s1. The summed E-state index contributed by atoms with van der Waals surface area (Å²) >= 11 is 0. The van der Waals surface area contributed by atoms with Crippen LogP contribution in [0.3, 0.4) is 0 Å². The number of fused-ring (bicyclic) bond motifs is 3. The van der Waals surface area contributed by atoms with Gasteiger partial charge in [0, 0.05) is 0 Å². The highest BCUT2D eigenvalue weighted by Gasteiger charge is 2.33. The number of hydrogen-bond acceptors (Lipinski definition) is 1. The molecule has 0 unspecified atom stereocenters. The molecule has 1 heteroatoms. The summed E-state index contributed by atoms with van der Waals surface area (Å²) in [4.78, 5) is 0. The van der Waals surface area contributed by atoms with Crippen LogP contribution < -0.4 is 0 Å². The molecule has 0 amide bonds. The molecule has 0 saturated heterocycles. The van der Waals surface area contributed by atoms with Crippen LogP contribution in [0.5, 0.6) is 0 Å². The number of aliphatic hydroxyl groups is 1. The molecule has 3 saturated carbocycles. The lowest BCUT2D eigenvalue weighted by Gasteiger charge is -2.39. The minimum absolute atomic E-state index is 0.0671. The van der Waals surface area contributed by atoms with Crippen molar-refractivity contribution in [2.24, 2.45) is 11.8 Å². The van der Waals surface area contributed by atoms with Gasteiger partial charge in [0.2, 0.25) is 0 Å². The van der Waals surface area contributed by atoms with Gasteiger partial charge in [-0.3, -0.25) is 0 Å². The second-order valence-electron chi connectivity index (χ2n) is 3.58. The van der Waals surface area contributed by atoms with Gasteiger partial charge in [0.15, 0.2) is 0 Å². The summed E-state index contributed by atoms with van der Waals surface area (Å²) in [5.41, 5.74) is 0. The van der Waals surface area contributed by atoms with Gasteiger partial charge in [0.1, 0.15) is 0 Å². The lowest BCUT2D eigenvalue weighted by Crippen LogP contribution is -2.34. The lowest BCUT2D eigenvalue weighted by molar-refractivity contribution is 0.00248. The van der Waals surface area contributed by atoms with Gasteiger partial charge in [-0.25, -0.2) is 0 Å². The van der Waals surface area contributed by atoms with Crippen molar-refractivity contribution in [3.05, 3.63) is 0 Å². The summed E-state index contributed by atoms with van der Waals surface area (Å²) in [7, 11) is 0. The molecule has 1 N–H and O–H groups in total. The minimum Gasteiger partial charge on any atom is -0.393 e. The van der Waals surface area contributed by atoms with E-state index >= 15 is 0 Å². The van der Waals surface area contributed by atoms with Crippen LogP contribution in [0.2, 0.25) is 0 Å². The number of hydrogen-bond donors (Lipinski definition) is 1. The quantitative estimate of drug-likeness (QED) is 0.522. The molecule has 3 rings (SSSR count). The van der Waals surface area contributed by atoms with Crippen molar-refractivity contribution in [2.45, 2.75) is 38.2 Å². The fraction of sp³-hybridized carbons (Fsp3) is 1.00. The van der Waals surface area contributed by atoms with Gasteiger partial charge in [-0.2, -0.15) is 0 Å². The maximum Gasteiger partial charge on any atom is 0.0571 e. The summed E-state index contributed by atoms with van der Waals surface area (Å²) in [5.74, 6) is 1.56. The van der Waals surface area contributed by atoms with Gasteiger partial charge in [0.05, 0.1) is 6.10 Å². The molecule has 0 aromatic carbocycles. The van der Waals surface area contributed by atoms with Gasteiger partial charge in [-0.1, -0.05) is 0 Å². The molecule has 3 aliphatic carbocycles. The van der Waals surface area contributed by atoms with E-state index in [0.717, 1.165) is 12.3 Å². The van der Waals surface area contributed by atoms with Crippen LogP contribution in [0.15, 0.2) is 0 Å². The smallest absolute Gasteiger partial charge is 0.0571 e. The maximum absolute atomic E-state index is 9.40. The Morgan fingerprint density at radius 1 is 1.00 bits per heavy atom. The second-order valence-corrected chi connectivity index (χ2v) is 3.58. The van der Waals surface area contributed by atoms with Crippen molar-refractivity contribution in [1.29, 1.82) is 0 Å². The molecule has 1 nitrogen and oxygen atoms in total. The third-order valence-electron chi connectivity index (χ3n) is 3.01. The number of aliphatic hydroxyl groups excluding tert-OH is 1. The Morgan fingerprint density at radius 3 is 1.89 bits per heavy atom. The normalized spacial score (nSPS) is 49.7. The fourth-order valence-electron chi connectivity index (χ4n) is 2.34. The Morgan fingerprint density at radius 2 is 1.67 bits per heavy atom. The molecule has 0 aromatic rings. The average Bonchev–Trinajstić information content (AvgIpc) is 1.90. The molecule has 3 fully saturated rings. The van der Waals surface area contributed by atoms with E-state index in [1.54, 1.807) is 0 Å². The van der Waals surface area contributed by atoms with E-state index in [-0.39, 0.29) is 6.10 Å². The van der Waals surface area contributed by atoms with Crippen molar-refractivity contribution in [2.75, 3.05) is 0 Å². The Hall–Kier alpha value is -0.0400. The van der Waals surface area contributed by atoms with Crippen LogP contribution in [0.4, 0.5) is 0 Å². The fourth-order valence-corrected chi connectivity index (χ4v) is 2.34.